The second-order valence-electron chi connectivity index (χ2n) is 6.70. The molecule has 0 bridgehead atoms. The molecule has 1 heterocycles. The number of hydrogen-bond acceptors (Lipinski definition) is 2. The molecule has 0 aliphatic carbocycles. The lowest BCUT2D eigenvalue weighted by molar-refractivity contribution is 0.131. The average Bonchev–Trinajstić information content (AvgIpc) is 2.79. The molecule has 0 radical (unpaired) electrons. The van der Waals surface area contributed by atoms with Gasteiger partial charge in [-0.1, -0.05) is 24.3 Å². The van der Waals surface area contributed by atoms with E-state index in [1.807, 2.05) is 24.0 Å². The molecule has 1 aromatic heterocycles. The third kappa shape index (κ3) is 2.71. The van der Waals surface area contributed by atoms with Crippen molar-refractivity contribution in [2.75, 3.05) is 0 Å². The number of rotatable bonds is 2. The molecule has 0 fully saturated rings. The molecule has 3 nitrogen and oxygen atoms in total. The van der Waals surface area contributed by atoms with Crippen molar-refractivity contribution in [2.24, 2.45) is 7.05 Å². The number of fused-ring (bicyclic) bond motifs is 1. The van der Waals surface area contributed by atoms with Crippen molar-refractivity contribution in [1.29, 1.82) is 0 Å². The monoisotopic (exact) mass is 294 g/mol. The first-order chi connectivity index (χ1) is 10.3. The van der Waals surface area contributed by atoms with Crippen LogP contribution < -0.4 is 4.74 Å². The zero-order valence-electron chi connectivity index (χ0n) is 13.8. The molecule has 2 aromatic carbocycles. The predicted molar refractivity (Wildman–Crippen MR) is 91.3 cm³/mol. The van der Waals surface area contributed by atoms with Gasteiger partial charge in [0, 0.05) is 18.0 Å². The Balaban J connectivity index is 2.10. The summed E-state index contributed by atoms with van der Waals surface area (Å²) < 4.78 is 7.89. The highest BCUT2D eigenvalue weighted by Crippen LogP contribution is 2.33. The van der Waals surface area contributed by atoms with Gasteiger partial charge in [0.05, 0.1) is 11.7 Å². The number of hydrogen-bond donors (Lipinski definition) is 0. The molecule has 0 amide bonds. The van der Waals surface area contributed by atoms with E-state index in [-0.39, 0.29) is 5.60 Å². The number of aromatic nitrogens is 2. The maximum Gasteiger partial charge on any atom is 0.120 e. The molecule has 3 heteroatoms. The summed E-state index contributed by atoms with van der Waals surface area (Å²) in [6.07, 6.45) is 1.91. The van der Waals surface area contributed by atoms with Gasteiger partial charge in [-0.2, -0.15) is 5.10 Å². The van der Waals surface area contributed by atoms with Crippen LogP contribution in [0.25, 0.3) is 22.0 Å². The van der Waals surface area contributed by atoms with Crippen LogP contribution in [0.5, 0.6) is 5.75 Å². The first-order valence-corrected chi connectivity index (χ1v) is 7.56. The van der Waals surface area contributed by atoms with Crippen LogP contribution in [0.3, 0.4) is 0 Å². The maximum atomic E-state index is 5.95. The predicted octanol–water partition coefficient (Wildman–Crippen LogP) is 4.73. The normalized spacial score (nSPS) is 11.9. The number of benzene rings is 2. The Kier molecular flexibility index (Phi) is 3.44. The minimum Gasteiger partial charge on any atom is -0.488 e. The molecule has 0 spiro atoms. The van der Waals surface area contributed by atoms with E-state index in [4.69, 9.17) is 4.74 Å². The van der Waals surface area contributed by atoms with E-state index in [1.165, 1.54) is 16.7 Å². The van der Waals surface area contributed by atoms with Crippen molar-refractivity contribution < 1.29 is 4.74 Å². The molecule has 0 aliphatic rings. The van der Waals surface area contributed by atoms with Gasteiger partial charge in [-0.05, 0) is 51.0 Å². The van der Waals surface area contributed by atoms with Gasteiger partial charge < -0.3 is 4.74 Å². The van der Waals surface area contributed by atoms with Crippen molar-refractivity contribution in [3.05, 3.63) is 48.2 Å². The topological polar surface area (TPSA) is 27.1 Å². The van der Waals surface area contributed by atoms with Gasteiger partial charge in [-0.15, -0.1) is 0 Å². The SMILES string of the molecule is Cc1cc(OC(C)(C)C)ccc1-c1cccc2cnn(C)c12. The highest BCUT2D eigenvalue weighted by Gasteiger charge is 2.14. The van der Waals surface area contributed by atoms with Crippen molar-refractivity contribution in [3.63, 3.8) is 0 Å². The largest absolute Gasteiger partial charge is 0.488 e. The summed E-state index contributed by atoms with van der Waals surface area (Å²) in [5.41, 5.74) is 4.61. The lowest BCUT2D eigenvalue weighted by Gasteiger charge is -2.22. The van der Waals surface area contributed by atoms with Crippen molar-refractivity contribution >= 4 is 10.9 Å². The minimum absolute atomic E-state index is 0.185. The van der Waals surface area contributed by atoms with Crippen LogP contribution in [0.1, 0.15) is 26.3 Å². The Morgan fingerprint density at radius 1 is 1.05 bits per heavy atom. The zero-order valence-corrected chi connectivity index (χ0v) is 13.8. The van der Waals surface area contributed by atoms with E-state index in [0.29, 0.717) is 0 Å². The fraction of sp³-hybridized carbons (Fsp3) is 0.316. The fourth-order valence-electron chi connectivity index (χ4n) is 2.81. The molecule has 0 N–H and O–H groups in total. The Bertz CT molecular complexity index is 825. The summed E-state index contributed by atoms with van der Waals surface area (Å²) in [5, 5.41) is 5.53. The number of ether oxygens (including phenoxy) is 1. The van der Waals surface area contributed by atoms with E-state index in [1.54, 1.807) is 0 Å². The van der Waals surface area contributed by atoms with E-state index in [9.17, 15) is 0 Å². The summed E-state index contributed by atoms with van der Waals surface area (Å²) in [6.45, 7) is 8.31. The van der Waals surface area contributed by atoms with E-state index in [2.05, 4.69) is 63.1 Å². The smallest absolute Gasteiger partial charge is 0.120 e. The first-order valence-electron chi connectivity index (χ1n) is 7.56. The van der Waals surface area contributed by atoms with Gasteiger partial charge in [-0.3, -0.25) is 4.68 Å². The Labute approximate surface area is 131 Å². The van der Waals surface area contributed by atoms with E-state index < -0.39 is 0 Å². The van der Waals surface area contributed by atoms with Crippen molar-refractivity contribution in [1.82, 2.24) is 9.78 Å². The van der Waals surface area contributed by atoms with Crippen LogP contribution in [0.15, 0.2) is 42.6 Å². The lowest BCUT2D eigenvalue weighted by atomic mass is 9.98. The highest BCUT2D eigenvalue weighted by molar-refractivity contribution is 5.94. The summed E-state index contributed by atoms with van der Waals surface area (Å²) in [4.78, 5) is 0. The third-order valence-electron chi connectivity index (χ3n) is 3.67. The van der Waals surface area contributed by atoms with Crippen LogP contribution in [0, 0.1) is 6.92 Å². The molecule has 0 aliphatic heterocycles. The number of para-hydroxylation sites is 1. The standard InChI is InChI=1S/C19H22N2O/c1-13-11-15(22-19(2,3)4)9-10-16(13)17-8-6-7-14-12-20-21(5)18(14)17/h6-12H,1-5H3. The molecule has 114 valence electrons. The van der Waals surface area contributed by atoms with Crippen LogP contribution >= 0.6 is 0 Å². The third-order valence-corrected chi connectivity index (χ3v) is 3.67. The summed E-state index contributed by atoms with van der Waals surface area (Å²) in [7, 11) is 1.98. The van der Waals surface area contributed by atoms with Crippen molar-refractivity contribution in [3.8, 4) is 16.9 Å². The summed E-state index contributed by atoms with van der Waals surface area (Å²) >= 11 is 0. The highest BCUT2D eigenvalue weighted by atomic mass is 16.5. The Morgan fingerprint density at radius 2 is 1.82 bits per heavy atom. The minimum atomic E-state index is -0.185. The number of nitrogens with zero attached hydrogens (tertiary/aromatic N) is 2. The molecular weight excluding hydrogens is 272 g/mol. The Hall–Kier alpha value is -2.29. The van der Waals surface area contributed by atoms with Crippen LogP contribution in [-0.2, 0) is 7.05 Å². The maximum absolute atomic E-state index is 5.95. The molecule has 22 heavy (non-hydrogen) atoms. The van der Waals surface area contributed by atoms with Crippen LogP contribution in [-0.4, -0.2) is 15.4 Å². The van der Waals surface area contributed by atoms with E-state index >= 15 is 0 Å². The quantitative estimate of drug-likeness (QED) is 0.683. The number of aryl methyl sites for hydroxylation is 2. The molecular formula is C19H22N2O. The van der Waals surface area contributed by atoms with E-state index in [0.717, 1.165) is 16.7 Å². The van der Waals surface area contributed by atoms with Crippen LogP contribution in [0.2, 0.25) is 0 Å². The van der Waals surface area contributed by atoms with Gasteiger partial charge in [0.15, 0.2) is 0 Å². The summed E-state index contributed by atoms with van der Waals surface area (Å²) in [5.74, 6) is 0.908. The second-order valence-corrected chi connectivity index (χ2v) is 6.70. The van der Waals surface area contributed by atoms with Gasteiger partial charge in [0.1, 0.15) is 11.4 Å². The van der Waals surface area contributed by atoms with Gasteiger partial charge >= 0.3 is 0 Å². The molecule has 3 rings (SSSR count). The Morgan fingerprint density at radius 3 is 2.50 bits per heavy atom. The first kappa shape index (κ1) is 14.6. The molecule has 3 aromatic rings. The van der Waals surface area contributed by atoms with Gasteiger partial charge in [0.25, 0.3) is 0 Å². The zero-order chi connectivity index (χ0) is 15.9. The molecule has 0 atom stereocenters. The van der Waals surface area contributed by atoms with Gasteiger partial charge in [-0.25, -0.2) is 0 Å². The molecule has 0 saturated heterocycles. The second kappa shape index (κ2) is 5.16. The van der Waals surface area contributed by atoms with Crippen molar-refractivity contribution in [2.45, 2.75) is 33.3 Å². The fourth-order valence-corrected chi connectivity index (χ4v) is 2.81. The average molecular weight is 294 g/mol. The lowest BCUT2D eigenvalue weighted by Crippen LogP contribution is -2.22. The van der Waals surface area contributed by atoms with Crippen LogP contribution in [0.4, 0.5) is 0 Å². The van der Waals surface area contributed by atoms with Gasteiger partial charge in [0.2, 0.25) is 0 Å². The molecule has 0 saturated carbocycles. The summed E-state index contributed by atoms with van der Waals surface area (Å²) in [6, 6.07) is 12.6. The molecule has 0 unspecified atom stereocenters.